The lowest BCUT2D eigenvalue weighted by atomic mass is 10.1. The van der Waals surface area contributed by atoms with Gasteiger partial charge in [-0.2, -0.15) is 0 Å². The highest BCUT2D eigenvalue weighted by Gasteiger charge is 2.16. The maximum Gasteiger partial charge on any atom is 0.338 e. The monoisotopic (exact) mass is 399 g/mol. The number of rotatable bonds is 9. The molecule has 0 fully saturated rings. The van der Waals surface area contributed by atoms with E-state index in [0.717, 1.165) is 6.42 Å². The minimum absolute atomic E-state index is 0.211. The van der Waals surface area contributed by atoms with Crippen LogP contribution in [0.15, 0.2) is 48.5 Å². The van der Waals surface area contributed by atoms with Gasteiger partial charge in [0.2, 0.25) is 0 Å². The first-order valence-electron chi connectivity index (χ1n) is 9.28. The second-order valence-electron chi connectivity index (χ2n) is 6.71. The predicted octanol–water partition coefficient (Wildman–Crippen LogP) is 3.23. The summed E-state index contributed by atoms with van der Waals surface area (Å²) < 4.78 is 15.6. The van der Waals surface area contributed by atoms with E-state index >= 15 is 0 Å². The Labute approximate surface area is 170 Å². The number of nitrogens with one attached hydrogen (secondary N) is 1. The zero-order chi connectivity index (χ0) is 21.2. The van der Waals surface area contributed by atoms with E-state index in [4.69, 9.17) is 14.2 Å². The van der Waals surface area contributed by atoms with Gasteiger partial charge in [-0.3, -0.25) is 14.9 Å². The van der Waals surface area contributed by atoms with Crippen LogP contribution in [-0.4, -0.2) is 38.1 Å². The highest BCUT2D eigenvalue weighted by atomic mass is 16.5. The van der Waals surface area contributed by atoms with E-state index in [0.29, 0.717) is 24.0 Å². The number of esters is 1. The van der Waals surface area contributed by atoms with Gasteiger partial charge in [0.05, 0.1) is 24.8 Å². The van der Waals surface area contributed by atoms with Gasteiger partial charge in [0.15, 0.2) is 6.61 Å². The van der Waals surface area contributed by atoms with Crippen molar-refractivity contribution in [2.75, 3.05) is 20.3 Å². The van der Waals surface area contributed by atoms with Gasteiger partial charge in [-0.15, -0.1) is 0 Å². The summed E-state index contributed by atoms with van der Waals surface area (Å²) in [6.45, 7) is 4.25. The summed E-state index contributed by atoms with van der Waals surface area (Å²) >= 11 is 0. The number of amides is 2. The Balaban J connectivity index is 1.82. The molecule has 2 aromatic rings. The van der Waals surface area contributed by atoms with Gasteiger partial charge in [-0.1, -0.05) is 26.0 Å². The zero-order valence-electron chi connectivity index (χ0n) is 16.8. The predicted molar refractivity (Wildman–Crippen MR) is 107 cm³/mol. The molecule has 2 aromatic carbocycles. The quantitative estimate of drug-likeness (QED) is 0.651. The number of carbonyl (C=O) groups excluding carboxylic acids is 3. The van der Waals surface area contributed by atoms with Crippen molar-refractivity contribution in [2.24, 2.45) is 5.92 Å². The summed E-state index contributed by atoms with van der Waals surface area (Å²) in [6.07, 6.45) is 0.937. The molecule has 7 heteroatoms. The van der Waals surface area contributed by atoms with Gasteiger partial charge in [0.25, 0.3) is 11.8 Å². The third-order valence-corrected chi connectivity index (χ3v) is 3.99. The number of hydrogen-bond acceptors (Lipinski definition) is 6. The zero-order valence-corrected chi connectivity index (χ0v) is 16.8. The Morgan fingerprint density at radius 1 is 1.00 bits per heavy atom. The Hall–Kier alpha value is -3.35. The van der Waals surface area contributed by atoms with Gasteiger partial charge in [0.1, 0.15) is 11.5 Å². The molecule has 29 heavy (non-hydrogen) atoms. The standard InChI is InChI=1S/C22H25NO6/c1-15(2)12-13-28-17-10-8-16(9-11-17)22(26)29-14-20(24)23-21(25)18-6-4-5-7-19(18)27-3/h4-11,15H,12-14H2,1-3H3,(H,23,24,25). The van der Waals surface area contributed by atoms with E-state index in [1.165, 1.54) is 13.2 Å². The smallest absolute Gasteiger partial charge is 0.338 e. The lowest BCUT2D eigenvalue weighted by molar-refractivity contribution is -0.123. The first kappa shape index (κ1) is 21.9. The lowest BCUT2D eigenvalue weighted by Gasteiger charge is -2.10. The van der Waals surface area contributed by atoms with E-state index in [9.17, 15) is 14.4 Å². The van der Waals surface area contributed by atoms with Crippen LogP contribution >= 0.6 is 0 Å². The van der Waals surface area contributed by atoms with Gasteiger partial charge in [-0.05, 0) is 48.7 Å². The Kier molecular flexibility index (Phi) is 8.21. The number of imide groups is 1. The fourth-order valence-electron chi connectivity index (χ4n) is 2.38. The third kappa shape index (κ3) is 6.95. The molecule has 0 radical (unpaired) electrons. The van der Waals surface area contributed by atoms with Crippen LogP contribution in [0.3, 0.4) is 0 Å². The summed E-state index contributed by atoms with van der Waals surface area (Å²) in [6, 6.07) is 13.0. The molecular formula is C22H25NO6. The van der Waals surface area contributed by atoms with Crippen molar-refractivity contribution in [3.63, 3.8) is 0 Å². The molecule has 0 unspecified atom stereocenters. The van der Waals surface area contributed by atoms with E-state index < -0.39 is 24.4 Å². The van der Waals surface area contributed by atoms with E-state index in [-0.39, 0.29) is 11.1 Å². The summed E-state index contributed by atoms with van der Waals surface area (Å²) in [5.74, 6) is -0.494. The molecule has 7 nitrogen and oxygen atoms in total. The van der Waals surface area contributed by atoms with E-state index in [1.54, 1.807) is 42.5 Å². The Bertz CT molecular complexity index is 845. The summed E-state index contributed by atoms with van der Waals surface area (Å²) in [5, 5.41) is 2.16. The maximum atomic E-state index is 12.1. The third-order valence-electron chi connectivity index (χ3n) is 3.99. The largest absolute Gasteiger partial charge is 0.496 e. The molecule has 2 rings (SSSR count). The SMILES string of the molecule is COc1ccccc1C(=O)NC(=O)COC(=O)c1ccc(OCCC(C)C)cc1. The van der Waals surface area contributed by atoms with Crippen molar-refractivity contribution in [1.29, 1.82) is 0 Å². The first-order valence-corrected chi connectivity index (χ1v) is 9.28. The number of hydrogen-bond donors (Lipinski definition) is 1. The van der Waals surface area contributed by atoms with Crippen LogP contribution in [0.1, 0.15) is 41.0 Å². The number of methoxy groups -OCH3 is 1. The van der Waals surface area contributed by atoms with Gasteiger partial charge in [0, 0.05) is 0 Å². The molecule has 0 heterocycles. The minimum Gasteiger partial charge on any atom is -0.496 e. The molecule has 2 amide bonds. The van der Waals surface area contributed by atoms with Gasteiger partial charge < -0.3 is 14.2 Å². The second kappa shape index (κ2) is 10.8. The normalized spacial score (nSPS) is 10.3. The van der Waals surface area contributed by atoms with Crippen molar-refractivity contribution in [1.82, 2.24) is 5.32 Å². The molecule has 0 spiro atoms. The van der Waals surface area contributed by atoms with Crippen LogP contribution in [0.25, 0.3) is 0 Å². The average molecular weight is 399 g/mol. The highest BCUT2D eigenvalue weighted by Crippen LogP contribution is 2.17. The summed E-state index contributed by atoms with van der Waals surface area (Å²) in [7, 11) is 1.43. The molecular weight excluding hydrogens is 374 g/mol. The Morgan fingerprint density at radius 3 is 2.34 bits per heavy atom. The topological polar surface area (TPSA) is 90.9 Å². The molecule has 0 aromatic heterocycles. The van der Waals surface area contributed by atoms with Gasteiger partial charge in [-0.25, -0.2) is 4.79 Å². The van der Waals surface area contributed by atoms with Crippen LogP contribution in [0, 0.1) is 5.92 Å². The molecule has 154 valence electrons. The number of benzene rings is 2. The molecule has 0 bridgehead atoms. The molecule has 0 saturated carbocycles. The summed E-state index contributed by atoms with van der Waals surface area (Å²) in [5.41, 5.74) is 0.493. The lowest BCUT2D eigenvalue weighted by Crippen LogP contribution is -2.34. The van der Waals surface area contributed by atoms with Crippen molar-refractivity contribution in [3.05, 3.63) is 59.7 Å². The first-order chi connectivity index (χ1) is 13.9. The minimum atomic E-state index is -0.733. The van der Waals surface area contributed by atoms with Crippen LogP contribution in [0.5, 0.6) is 11.5 Å². The molecule has 0 saturated heterocycles. The number of carbonyl (C=O) groups is 3. The van der Waals surface area contributed by atoms with Crippen molar-refractivity contribution in [3.8, 4) is 11.5 Å². The second-order valence-corrected chi connectivity index (χ2v) is 6.71. The van der Waals surface area contributed by atoms with E-state index in [1.807, 2.05) is 0 Å². The van der Waals surface area contributed by atoms with Crippen LogP contribution in [0.2, 0.25) is 0 Å². The fraction of sp³-hybridized carbons (Fsp3) is 0.318. The number of para-hydroxylation sites is 1. The number of ether oxygens (including phenoxy) is 3. The van der Waals surface area contributed by atoms with E-state index in [2.05, 4.69) is 19.2 Å². The Morgan fingerprint density at radius 2 is 1.69 bits per heavy atom. The van der Waals surface area contributed by atoms with Crippen molar-refractivity contribution in [2.45, 2.75) is 20.3 Å². The average Bonchev–Trinajstić information content (AvgIpc) is 2.72. The molecule has 1 N–H and O–H groups in total. The van der Waals surface area contributed by atoms with Crippen LogP contribution in [-0.2, 0) is 9.53 Å². The fourth-order valence-corrected chi connectivity index (χ4v) is 2.38. The van der Waals surface area contributed by atoms with Crippen LogP contribution in [0.4, 0.5) is 0 Å². The molecule has 0 aliphatic heterocycles. The molecule has 0 aliphatic rings. The maximum absolute atomic E-state index is 12.1. The van der Waals surface area contributed by atoms with Crippen LogP contribution < -0.4 is 14.8 Å². The summed E-state index contributed by atoms with van der Waals surface area (Å²) in [4.78, 5) is 36.1. The van der Waals surface area contributed by atoms with Crippen molar-refractivity contribution >= 4 is 17.8 Å². The molecule has 0 aliphatic carbocycles. The highest BCUT2D eigenvalue weighted by molar-refractivity contribution is 6.07. The molecule has 0 atom stereocenters. The van der Waals surface area contributed by atoms with Gasteiger partial charge >= 0.3 is 5.97 Å². The van der Waals surface area contributed by atoms with Crippen molar-refractivity contribution < 1.29 is 28.6 Å².